The van der Waals surface area contributed by atoms with Gasteiger partial charge in [-0.25, -0.2) is 0 Å². The van der Waals surface area contributed by atoms with E-state index in [1.165, 1.54) is 7.05 Å². The number of nitrogens with one attached hydrogen (secondary N) is 1. The molecule has 0 aromatic carbocycles. The van der Waals surface area contributed by atoms with Crippen LogP contribution < -0.4 is 11.1 Å². The summed E-state index contributed by atoms with van der Waals surface area (Å²) in [6.07, 6.45) is 1.61. The van der Waals surface area contributed by atoms with Gasteiger partial charge in [-0.15, -0.1) is 0 Å². The first-order valence-electron chi connectivity index (χ1n) is 7.17. The Morgan fingerprint density at radius 2 is 1.90 bits per heavy atom. The molecule has 6 heteroatoms. The van der Waals surface area contributed by atoms with Gasteiger partial charge in [0.05, 0.1) is 6.42 Å². The van der Waals surface area contributed by atoms with E-state index in [0.29, 0.717) is 12.3 Å². The number of hydrogen-bond acceptors (Lipinski definition) is 4. The highest BCUT2D eigenvalue weighted by molar-refractivity contribution is 6.06. The minimum Gasteiger partial charge on any atom is -0.344 e. The Morgan fingerprint density at radius 1 is 1.25 bits per heavy atom. The zero-order valence-electron chi connectivity index (χ0n) is 12.3. The Bertz CT molecular complexity index is 437. The number of nitrogens with two attached hydrogens (primary N) is 1. The molecule has 5 atom stereocenters. The summed E-state index contributed by atoms with van der Waals surface area (Å²) in [5.74, 6) is -0.243. The number of carbonyl (C=O) groups is 3. The van der Waals surface area contributed by atoms with Crippen LogP contribution in [0.3, 0.4) is 0 Å². The molecule has 3 amide bonds. The Balaban J connectivity index is 1.98. The van der Waals surface area contributed by atoms with E-state index in [-0.39, 0.29) is 42.0 Å². The van der Waals surface area contributed by atoms with Crippen molar-refractivity contribution in [3.05, 3.63) is 0 Å². The fourth-order valence-electron chi connectivity index (χ4n) is 3.20. The fourth-order valence-corrected chi connectivity index (χ4v) is 3.20. The van der Waals surface area contributed by atoms with E-state index < -0.39 is 6.04 Å². The van der Waals surface area contributed by atoms with Crippen molar-refractivity contribution >= 4 is 17.7 Å². The van der Waals surface area contributed by atoms with Crippen molar-refractivity contribution in [1.82, 2.24) is 10.2 Å². The number of likely N-dealkylation sites (tertiary alicyclic amines) is 1. The molecule has 2 fully saturated rings. The van der Waals surface area contributed by atoms with Gasteiger partial charge < -0.3 is 11.1 Å². The summed E-state index contributed by atoms with van der Waals surface area (Å²) in [7, 11) is 1.44. The zero-order valence-corrected chi connectivity index (χ0v) is 12.3. The van der Waals surface area contributed by atoms with Crippen molar-refractivity contribution in [3.8, 4) is 0 Å². The number of likely N-dealkylation sites (N-methyl/N-ethyl adjacent to an activating group) is 1. The lowest BCUT2D eigenvalue weighted by molar-refractivity contribution is -0.139. The molecule has 6 nitrogen and oxygen atoms in total. The lowest BCUT2D eigenvalue weighted by Crippen LogP contribution is -2.49. The summed E-state index contributed by atoms with van der Waals surface area (Å²) in [5.41, 5.74) is 6.04. The van der Waals surface area contributed by atoms with Crippen LogP contribution in [0.25, 0.3) is 0 Å². The molecule has 0 aromatic rings. The molecule has 1 heterocycles. The molecule has 0 radical (unpaired) electrons. The average molecular weight is 281 g/mol. The third-order valence-corrected chi connectivity index (χ3v) is 4.72. The van der Waals surface area contributed by atoms with Crippen molar-refractivity contribution in [2.24, 2.45) is 23.5 Å². The normalized spacial score (nSPS) is 38.2. The van der Waals surface area contributed by atoms with Gasteiger partial charge in [0.15, 0.2) is 0 Å². The van der Waals surface area contributed by atoms with Gasteiger partial charge in [0.25, 0.3) is 5.91 Å². The molecule has 0 spiro atoms. The quantitative estimate of drug-likeness (QED) is 0.690. The number of carbonyl (C=O) groups excluding carboxylic acids is 3. The van der Waals surface area contributed by atoms with Gasteiger partial charge in [-0.3, -0.25) is 19.3 Å². The summed E-state index contributed by atoms with van der Waals surface area (Å²) in [6.45, 7) is 4.14. The molecule has 5 unspecified atom stereocenters. The Hall–Kier alpha value is -1.43. The summed E-state index contributed by atoms with van der Waals surface area (Å²) in [4.78, 5) is 36.6. The van der Waals surface area contributed by atoms with Gasteiger partial charge in [0.2, 0.25) is 11.8 Å². The number of hydrogen-bond donors (Lipinski definition) is 2. The summed E-state index contributed by atoms with van der Waals surface area (Å²) in [5, 5.41) is 2.72. The van der Waals surface area contributed by atoms with E-state index in [0.717, 1.165) is 11.3 Å². The fraction of sp³-hybridized carbons (Fsp3) is 0.786. The molecule has 112 valence electrons. The van der Waals surface area contributed by atoms with Crippen molar-refractivity contribution in [3.63, 3.8) is 0 Å². The standard InChI is InChI=1S/C14H23N3O3/c1-7-4-8(2)10(15)5-9(7)13(19)16-11-6-12(18)17(3)14(11)20/h7-11H,4-6,15H2,1-3H3,(H,16,19). The van der Waals surface area contributed by atoms with Crippen LogP contribution in [0.4, 0.5) is 0 Å². The maximum absolute atomic E-state index is 12.3. The van der Waals surface area contributed by atoms with Gasteiger partial charge in [0.1, 0.15) is 6.04 Å². The summed E-state index contributed by atoms with van der Waals surface area (Å²) >= 11 is 0. The Kier molecular flexibility index (Phi) is 4.13. The van der Waals surface area contributed by atoms with Crippen LogP contribution in [0, 0.1) is 17.8 Å². The molecular formula is C14H23N3O3. The van der Waals surface area contributed by atoms with Crippen LogP contribution in [0.2, 0.25) is 0 Å². The lowest BCUT2D eigenvalue weighted by atomic mass is 9.72. The Labute approximate surface area is 119 Å². The minimum atomic E-state index is -0.706. The van der Waals surface area contributed by atoms with Crippen molar-refractivity contribution in [2.75, 3.05) is 7.05 Å². The smallest absolute Gasteiger partial charge is 0.252 e. The maximum atomic E-state index is 12.3. The molecule has 3 N–H and O–H groups in total. The first-order valence-corrected chi connectivity index (χ1v) is 7.17. The van der Waals surface area contributed by atoms with Gasteiger partial charge in [0, 0.05) is 19.0 Å². The topological polar surface area (TPSA) is 92.5 Å². The van der Waals surface area contributed by atoms with Crippen LogP contribution in [-0.2, 0) is 14.4 Å². The first-order chi connectivity index (χ1) is 9.31. The number of rotatable bonds is 2. The van der Waals surface area contributed by atoms with E-state index >= 15 is 0 Å². The second-order valence-electron chi connectivity index (χ2n) is 6.25. The first kappa shape index (κ1) is 15.0. The van der Waals surface area contributed by atoms with Gasteiger partial charge in [-0.2, -0.15) is 0 Å². The molecule has 0 aromatic heterocycles. The SMILES string of the molecule is CC1CC(C)C(C(=O)NC2CC(=O)N(C)C2=O)CC1N. The largest absolute Gasteiger partial charge is 0.344 e. The maximum Gasteiger partial charge on any atom is 0.252 e. The predicted octanol–water partition coefficient (Wildman–Crippen LogP) is -0.131. The molecular weight excluding hydrogens is 258 g/mol. The molecule has 1 aliphatic heterocycles. The highest BCUT2D eigenvalue weighted by Crippen LogP contribution is 2.33. The van der Waals surface area contributed by atoms with E-state index in [1.54, 1.807) is 0 Å². The highest BCUT2D eigenvalue weighted by Gasteiger charge is 2.40. The predicted molar refractivity (Wildman–Crippen MR) is 73.4 cm³/mol. The van der Waals surface area contributed by atoms with Crippen LogP contribution in [0.1, 0.15) is 33.1 Å². The van der Waals surface area contributed by atoms with Crippen molar-refractivity contribution in [2.45, 2.75) is 45.2 Å². The molecule has 0 bridgehead atoms. The van der Waals surface area contributed by atoms with E-state index in [4.69, 9.17) is 5.73 Å². The van der Waals surface area contributed by atoms with Gasteiger partial charge in [-0.1, -0.05) is 13.8 Å². The highest BCUT2D eigenvalue weighted by atomic mass is 16.2. The molecule has 2 rings (SSSR count). The number of nitrogens with zero attached hydrogens (tertiary/aromatic N) is 1. The monoisotopic (exact) mass is 281 g/mol. The van der Waals surface area contributed by atoms with Crippen LogP contribution in [0.15, 0.2) is 0 Å². The van der Waals surface area contributed by atoms with E-state index in [2.05, 4.69) is 12.2 Å². The molecule has 1 saturated heterocycles. The van der Waals surface area contributed by atoms with Crippen LogP contribution >= 0.6 is 0 Å². The molecule has 1 saturated carbocycles. The van der Waals surface area contributed by atoms with Crippen molar-refractivity contribution < 1.29 is 14.4 Å². The zero-order chi connectivity index (χ0) is 15.0. The van der Waals surface area contributed by atoms with Gasteiger partial charge in [-0.05, 0) is 24.7 Å². The molecule has 2 aliphatic rings. The lowest BCUT2D eigenvalue weighted by Gasteiger charge is -2.36. The average Bonchev–Trinajstić information content (AvgIpc) is 2.61. The molecule has 20 heavy (non-hydrogen) atoms. The number of amides is 3. The van der Waals surface area contributed by atoms with Crippen LogP contribution in [0.5, 0.6) is 0 Å². The van der Waals surface area contributed by atoms with Gasteiger partial charge >= 0.3 is 0 Å². The second-order valence-corrected chi connectivity index (χ2v) is 6.25. The van der Waals surface area contributed by atoms with E-state index in [9.17, 15) is 14.4 Å². The molecule has 1 aliphatic carbocycles. The second kappa shape index (κ2) is 5.52. The minimum absolute atomic E-state index is 0.0190. The Morgan fingerprint density at radius 3 is 2.45 bits per heavy atom. The summed E-state index contributed by atoms with van der Waals surface area (Å²) < 4.78 is 0. The summed E-state index contributed by atoms with van der Waals surface area (Å²) in [6, 6.07) is -0.687. The van der Waals surface area contributed by atoms with E-state index in [1.807, 2.05) is 6.92 Å². The third-order valence-electron chi connectivity index (χ3n) is 4.72. The van der Waals surface area contributed by atoms with Crippen LogP contribution in [-0.4, -0.2) is 41.8 Å². The third kappa shape index (κ3) is 2.70. The number of imide groups is 1. The van der Waals surface area contributed by atoms with Crippen molar-refractivity contribution in [1.29, 1.82) is 0 Å².